The average molecular weight is 215 g/mol. The number of hydrogen-bond donors (Lipinski definition) is 1. The van der Waals surface area contributed by atoms with Gasteiger partial charge in [-0.25, -0.2) is 13.1 Å². The second-order valence-corrected chi connectivity index (χ2v) is 4.17. The highest BCUT2D eigenvalue weighted by molar-refractivity contribution is 7.89. The van der Waals surface area contributed by atoms with E-state index in [4.69, 9.17) is 0 Å². The smallest absolute Gasteiger partial charge is 0.258 e. The number of nitro benzene ring substituents is 1. The quantitative estimate of drug-likeness (QED) is 0.592. The van der Waals surface area contributed by atoms with Gasteiger partial charge in [-0.1, -0.05) is 0 Å². The summed E-state index contributed by atoms with van der Waals surface area (Å²) in [5.74, 6) is 0. The highest BCUT2D eigenvalue weighted by Gasteiger charge is 2.12. The Morgan fingerprint density at radius 1 is 1.29 bits per heavy atom. The molecule has 6 nitrogen and oxygen atoms in total. The molecule has 0 heterocycles. The second-order valence-electron chi connectivity index (χ2n) is 2.40. The van der Waals surface area contributed by atoms with Crippen LogP contribution in [0.15, 0.2) is 29.2 Å². The minimum atomic E-state index is -3.62. The Morgan fingerprint density at radius 3 is 2.14 bits per heavy atom. The predicted octanol–water partition coefficient (Wildman–Crippen LogP) is 0.665. The molecule has 0 spiro atoms. The lowest BCUT2D eigenvalue weighted by Gasteiger charge is -2.00. The van der Waals surface area contributed by atoms with E-state index in [1.807, 2.05) is 4.72 Å². The highest BCUT2D eigenvalue weighted by Crippen LogP contribution is 2.15. The second kappa shape index (κ2) is 3.72. The minimum absolute atomic E-state index is 0.0573. The number of nitro groups is 1. The van der Waals surface area contributed by atoms with E-state index in [0.717, 1.165) is 24.3 Å². The van der Waals surface area contributed by atoms with Gasteiger partial charge in [0.2, 0.25) is 10.0 Å². The molecule has 0 aromatic heterocycles. The Labute approximate surface area is 80.8 Å². The van der Waals surface area contributed by atoms with Gasteiger partial charge >= 0.3 is 0 Å². The van der Waals surface area contributed by atoms with Gasteiger partial charge in [-0.2, -0.15) is 0 Å². The van der Waals surface area contributed by atoms with Crippen LogP contribution in [0.3, 0.4) is 0 Å². The predicted molar refractivity (Wildman–Crippen MR) is 48.8 cm³/mol. The molecular weight excluding hydrogens is 208 g/mol. The number of rotatable bonds is 3. The normalized spacial score (nSPS) is 11.2. The van der Waals surface area contributed by atoms with Crippen LogP contribution in [0.25, 0.3) is 0 Å². The molecule has 7 heteroatoms. The summed E-state index contributed by atoms with van der Waals surface area (Å²) in [4.78, 5) is 9.60. The fourth-order valence-corrected chi connectivity index (χ4v) is 1.49. The van der Waals surface area contributed by atoms with Crippen LogP contribution >= 0.6 is 0 Å². The van der Waals surface area contributed by atoms with Crippen molar-refractivity contribution < 1.29 is 13.3 Å². The van der Waals surface area contributed by atoms with Crippen molar-refractivity contribution in [1.82, 2.24) is 4.72 Å². The van der Waals surface area contributed by atoms with E-state index in [-0.39, 0.29) is 10.6 Å². The molecule has 0 saturated heterocycles. The van der Waals surface area contributed by atoms with Crippen LogP contribution < -0.4 is 4.72 Å². The topological polar surface area (TPSA) is 89.3 Å². The zero-order valence-corrected chi connectivity index (χ0v) is 7.82. The molecule has 1 aromatic carbocycles. The maximum atomic E-state index is 11.1. The number of nitrogens with zero attached hydrogens (tertiary/aromatic N) is 1. The number of hydrogen-bond acceptors (Lipinski definition) is 4. The van der Waals surface area contributed by atoms with Crippen molar-refractivity contribution in [3.63, 3.8) is 0 Å². The van der Waals surface area contributed by atoms with Gasteiger partial charge in [-0.05, 0) is 12.1 Å². The Balaban J connectivity index is 3.12. The first-order valence-corrected chi connectivity index (χ1v) is 4.99. The van der Waals surface area contributed by atoms with Crippen molar-refractivity contribution in [2.24, 2.45) is 0 Å². The van der Waals surface area contributed by atoms with Gasteiger partial charge in [-0.15, -0.1) is 0 Å². The Morgan fingerprint density at radius 2 is 1.79 bits per heavy atom. The summed E-state index contributed by atoms with van der Waals surface area (Å²) in [6.07, 6.45) is 0. The lowest BCUT2D eigenvalue weighted by atomic mass is 10.3. The molecule has 0 amide bonds. The standard InChI is InChI=1S/C7H7N2O4S/c1-8-14(12,13)7-4-2-6(3-5-7)9(10)11/h2-5,8H,1H2. The van der Waals surface area contributed by atoms with E-state index in [0.29, 0.717) is 0 Å². The van der Waals surface area contributed by atoms with E-state index in [1.54, 1.807) is 0 Å². The number of sulfonamides is 1. The molecule has 0 unspecified atom stereocenters. The fourth-order valence-electron chi connectivity index (χ4n) is 0.830. The SMILES string of the molecule is [CH2]NS(=O)(=O)c1ccc([N+](=O)[O-])cc1. The summed E-state index contributed by atoms with van der Waals surface area (Å²) in [5, 5.41) is 10.3. The van der Waals surface area contributed by atoms with Gasteiger partial charge in [0.05, 0.1) is 9.82 Å². The molecule has 0 fully saturated rings. The van der Waals surface area contributed by atoms with E-state index >= 15 is 0 Å². The van der Waals surface area contributed by atoms with Gasteiger partial charge in [0.15, 0.2) is 0 Å². The molecule has 14 heavy (non-hydrogen) atoms. The van der Waals surface area contributed by atoms with Crippen molar-refractivity contribution in [3.8, 4) is 0 Å². The fraction of sp³-hybridized carbons (Fsp3) is 0. The lowest BCUT2D eigenvalue weighted by molar-refractivity contribution is -0.384. The van der Waals surface area contributed by atoms with Crippen molar-refractivity contribution in [2.75, 3.05) is 0 Å². The summed E-state index contributed by atoms with van der Waals surface area (Å²) in [6.45, 7) is 0. The molecule has 1 aromatic rings. The third-order valence-electron chi connectivity index (χ3n) is 1.55. The first-order valence-electron chi connectivity index (χ1n) is 3.51. The molecule has 0 saturated carbocycles. The Hall–Kier alpha value is -1.47. The lowest BCUT2D eigenvalue weighted by Crippen LogP contribution is -2.16. The van der Waals surface area contributed by atoms with E-state index in [2.05, 4.69) is 7.05 Å². The van der Waals surface area contributed by atoms with Crippen LogP contribution in [-0.2, 0) is 10.0 Å². The van der Waals surface area contributed by atoms with Crippen LogP contribution in [0.4, 0.5) is 5.69 Å². The molecule has 1 N–H and O–H groups in total. The third kappa shape index (κ3) is 2.06. The van der Waals surface area contributed by atoms with Gasteiger partial charge < -0.3 is 0 Å². The van der Waals surface area contributed by atoms with E-state index < -0.39 is 14.9 Å². The zero-order valence-electron chi connectivity index (χ0n) is 7.00. The first kappa shape index (κ1) is 10.6. The molecule has 0 atom stereocenters. The van der Waals surface area contributed by atoms with E-state index in [9.17, 15) is 18.5 Å². The molecule has 1 radical (unpaired) electrons. The summed E-state index contributed by atoms with van der Waals surface area (Å²) >= 11 is 0. The van der Waals surface area contributed by atoms with E-state index in [1.165, 1.54) is 0 Å². The summed E-state index contributed by atoms with van der Waals surface area (Å²) in [5.41, 5.74) is -0.159. The number of benzene rings is 1. The number of non-ortho nitro benzene ring substituents is 1. The molecule has 0 aliphatic rings. The maximum Gasteiger partial charge on any atom is 0.269 e. The van der Waals surface area contributed by atoms with Crippen LogP contribution in [0, 0.1) is 17.2 Å². The maximum absolute atomic E-state index is 11.1. The van der Waals surface area contributed by atoms with Gasteiger partial charge in [0, 0.05) is 19.2 Å². The van der Waals surface area contributed by atoms with Crippen LogP contribution in [0.1, 0.15) is 0 Å². The van der Waals surface area contributed by atoms with Crippen molar-refractivity contribution in [1.29, 1.82) is 0 Å². The van der Waals surface area contributed by atoms with Crippen molar-refractivity contribution >= 4 is 15.7 Å². The largest absolute Gasteiger partial charge is 0.269 e. The molecule has 0 bridgehead atoms. The zero-order chi connectivity index (χ0) is 10.8. The van der Waals surface area contributed by atoms with Crippen molar-refractivity contribution in [2.45, 2.75) is 4.90 Å². The third-order valence-corrected chi connectivity index (χ3v) is 2.82. The summed E-state index contributed by atoms with van der Waals surface area (Å²) in [7, 11) is -0.605. The summed E-state index contributed by atoms with van der Waals surface area (Å²) < 4.78 is 24.1. The van der Waals surface area contributed by atoms with Gasteiger partial charge in [0.1, 0.15) is 0 Å². The van der Waals surface area contributed by atoms with Crippen LogP contribution in [0.2, 0.25) is 0 Å². The number of nitrogens with one attached hydrogen (secondary N) is 1. The van der Waals surface area contributed by atoms with Crippen LogP contribution in [0.5, 0.6) is 0 Å². The monoisotopic (exact) mass is 215 g/mol. The molecule has 1 rings (SSSR count). The Kier molecular flexibility index (Phi) is 2.82. The summed E-state index contributed by atoms with van der Waals surface area (Å²) in [6, 6.07) is 4.52. The van der Waals surface area contributed by atoms with Gasteiger partial charge in [-0.3, -0.25) is 10.1 Å². The highest BCUT2D eigenvalue weighted by atomic mass is 32.2. The average Bonchev–Trinajstić information content (AvgIpc) is 2.18. The Bertz CT molecular complexity index is 437. The van der Waals surface area contributed by atoms with Gasteiger partial charge in [0.25, 0.3) is 5.69 Å². The molecular formula is C7H7N2O4S. The van der Waals surface area contributed by atoms with Crippen molar-refractivity contribution in [3.05, 3.63) is 41.4 Å². The molecule has 0 aliphatic heterocycles. The molecule has 0 aliphatic carbocycles. The first-order chi connectivity index (χ1) is 6.47. The van der Waals surface area contributed by atoms with Crippen LogP contribution in [-0.4, -0.2) is 13.3 Å². The molecule has 75 valence electrons. The minimum Gasteiger partial charge on any atom is -0.258 e.